The van der Waals surface area contributed by atoms with Gasteiger partial charge >= 0.3 is 12.4 Å². The lowest BCUT2D eigenvalue weighted by molar-refractivity contribution is -0.143. The van der Waals surface area contributed by atoms with Crippen molar-refractivity contribution in [2.75, 3.05) is 14.1 Å². The first-order chi connectivity index (χ1) is 13.2. The van der Waals surface area contributed by atoms with Gasteiger partial charge in [-0.15, -0.1) is 0 Å². The van der Waals surface area contributed by atoms with E-state index in [9.17, 15) is 34.8 Å². The van der Waals surface area contributed by atoms with Crippen molar-refractivity contribution in [3.05, 3.63) is 64.7 Å². The SMILES string of the molecule is CN(C)S(=O)(=O)c1ccc(CNCc2cc(C(F)(F)F)cc(C(F)(F)F)c2)cc1. The number of nitrogens with one attached hydrogen (secondary N) is 1. The molecule has 11 heteroatoms. The summed E-state index contributed by atoms with van der Waals surface area (Å²) >= 11 is 0. The molecule has 0 radical (unpaired) electrons. The van der Waals surface area contributed by atoms with Gasteiger partial charge in [0.05, 0.1) is 16.0 Å². The van der Waals surface area contributed by atoms with Gasteiger partial charge in [0.2, 0.25) is 10.0 Å². The van der Waals surface area contributed by atoms with Crippen LogP contribution in [0.5, 0.6) is 0 Å². The largest absolute Gasteiger partial charge is 0.416 e. The third-order valence-corrected chi connectivity index (χ3v) is 5.84. The van der Waals surface area contributed by atoms with E-state index in [1.807, 2.05) is 0 Å². The highest BCUT2D eigenvalue weighted by atomic mass is 32.2. The molecule has 0 aromatic heterocycles. The van der Waals surface area contributed by atoms with Crippen molar-refractivity contribution in [3.8, 4) is 0 Å². The molecule has 0 aliphatic rings. The molecule has 2 rings (SSSR count). The van der Waals surface area contributed by atoms with E-state index in [0.717, 1.165) is 4.31 Å². The summed E-state index contributed by atoms with van der Waals surface area (Å²) in [5, 5.41) is 2.76. The molecule has 0 aliphatic heterocycles. The number of hydrogen-bond acceptors (Lipinski definition) is 3. The van der Waals surface area contributed by atoms with E-state index in [1.54, 1.807) is 0 Å². The Kier molecular flexibility index (Phi) is 6.65. The van der Waals surface area contributed by atoms with Crippen molar-refractivity contribution in [1.82, 2.24) is 9.62 Å². The lowest BCUT2D eigenvalue weighted by Gasteiger charge is -2.15. The molecular formula is C18H18F6N2O2S. The molecule has 1 N–H and O–H groups in total. The Balaban J connectivity index is 2.12. The van der Waals surface area contributed by atoms with Crippen LogP contribution in [0, 0.1) is 0 Å². The minimum Gasteiger partial charge on any atom is -0.309 e. The van der Waals surface area contributed by atoms with Crippen molar-refractivity contribution < 1.29 is 34.8 Å². The Bertz CT molecular complexity index is 920. The first-order valence-electron chi connectivity index (χ1n) is 8.22. The highest BCUT2D eigenvalue weighted by Gasteiger charge is 2.36. The third kappa shape index (κ3) is 5.94. The van der Waals surface area contributed by atoms with E-state index < -0.39 is 33.5 Å². The standard InChI is InChI=1S/C18H18F6N2O2S/c1-26(2)29(27,28)16-5-3-12(4-6-16)10-25-11-13-7-14(17(19,20)21)9-15(8-13)18(22,23)24/h3-9,25H,10-11H2,1-2H3. The predicted octanol–water partition coefficient (Wildman–Crippen LogP) is 4.26. The normalized spacial score (nSPS) is 13.1. The number of hydrogen-bond donors (Lipinski definition) is 1. The molecule has 2 aromatic rings. The fourth-order valence-corrected chi connectivity index (χ4v) is 3.36. The summed E-state index contributed by atoms with van der Waals surface area (Å²) in [4.78, 5) is 0.0685. The van der Waals surface area contributed by atoms with Gasteiger partial charge in [0.25, 0.3) is 0 Å². The summed E-state index contributed by atoms with van der Waals surface area (Å²) < 4.78 is 102. The summed E-state index contributed by atoms with van der Waals surface area (Å²) in [6.45, 7) is -0.107. The van der Waals surface area contributed by atoms with Crippen molar-refractivity contribution in [2.45, 2.75) is 30.3 Å². The van der Waals surface area contributed by atoms with E-state index in [0.29, 0.717) is 17.7 Å². The van der Waals surface area contributed by atoms with Gasteiger partial charge in [0.1, 0.15) is 0 Å². The Labute approximate surface area is 164 Å². The maximum Gasteiger partial charge on any atom is 0.416 e. The second-order valence-electron chi connectivity index (χ2n) is 6.45. The Hall–Kier alpha value is -2.11. The third-order valence-electron chi connectivity index (χ3n) is 4.01. The smallest absolute Gasteiger partial charge is 0.309 e. The van der Waals surface area contributed by atoms with Crippen molar-refractivity contribution in [1.29, 1.82) is 0 Å². The molecule has 0 fully saturated rings. The topological polar surface area (TPSA) is 49.4 Å². The highest BCUT2D eigenvalue weighted by Crippen LogP contribution is 2.36. The van der Waals surface area contributed by atoms with Gasteiger partial charge in [-0.05, 0) is 41.5 Å². The summed E-state index contributed by atoms with van der Waals surface area (Å²) in [5.74, 6) is 0. The lowest BCUT2D eigenvalue weighted by Crippen LogP contribution is -2.22. The van der Waals surface area contributed by atoms with Gasteiger partial charge < -0.3 is 5.32 Å². The van der Waals surface area contributed by atoms with E-state index >= 15 is 0 Å². The maximum absolute atomic E-state index is 12.9. The van der Waals surface area contributed by atoms with Gasteiger partial charge in [0, 0.05) is 27.2 Å². The molecule has 0 atom stereocenters. The fraction of sp³-hybridized carbons (Fsp3) is 0.333. The zero-order valence-electron chi connectivity index (χ0n) is 15.4. The average molecular weight is 440 g/mol. The first-order valence-corrected chi connectivity index (χ1v) is 9.66. The van der Waals surface area contributed by atoms with Gasteiger partial charge in [-0.1, -0.05) is 12.1 Å². The van der Waals surface area contributed by atoms with Crippen molar-refractivity contribution in [2.24, 2.45) is 0 Å². The number of benzene rings is 2. The Morgan fingerprint density at radius 2 is 1.24 bits per heavy atom. The van der Waals surface area contributed by atoms with Gasteiger partial charge in [0.15, 0.2) is 0 Å². The van der Waals surface area contributed by atoms with Crippen LogP contribution in [0.1, 0.15) is 22.3 Å². The monoisotopic (exact) mass is 440 g/mol. The molecule has 160 valence electrons. The molecule has 4 nitrogen and oxygen atoms in total. The van der Waals surface area contributed by atoms with Crippen LogP contribution in [0.4, 0.5) is 26.3 Å². The molecule has 0 spiro atoms. The van der Waals surface area contributed by atoms with Crippen molar-refractivity contribution >= 4 is 10.0 Å². The summed E-state index contributed by atoms with van der Waals surface area (Å²) in [6, 6.07) is 7.17. The molecular weight excluding hydrogens is 422 g/mol. The number of rotatable bonds is 6. The lowest BCUT2D eigenvalue weighted by atomic mass is 10.0. The van der Waals surface area contributed by atoms with Gasteiger partial charge in [-0.3, -0.25) is 0 Å². The molecule has 0 heterocycles. The average Bonchev–Trinajstić information content (AvgIpc) is 2.60. The molecule has 0 saturated heterocycles. The Morgan fingerprint density at radius 1 is 0.793 bits per heavy atom. The quantitative estimate of drug-likeness (QED) is 0.683. The second kappa shape index (κ2) is 8.33. The number of sulfonamides is 1. The van der Waals surface area contributed by atoms with Crippen LogP contribution in [-0.2, 0) is 35.5 Å². The molecule has 0 unspecified atom stereocenters. The highest BCUT2D eigenvalue weighted by molar-refractivity contribution is 7.89. The van der Waals surface area contributed by atoms with Crippen LogP contribution in [0.15, 0.2) is 47.4 Å². The summed E-state index contributed by atoms with van der Waals surface area (Å²) in [6.07, 6.45) is -9.80. The van der Waals surface area contributed by atoms with Gasteiger partial charge in [-0.2, -0.15) is 26.3 Å². The van der Waals surface area contributed by atoms with Crippen LogP contribution in [-0.4, -0.2) is 26.8 Å². The van der Waals surface area contributed by atoms with Crippen LogP contribution in [0.3, 0.4) is 0 Å². The number of nitrogens with zero attached hydrogens (tertiary/aromatic N) is 1. The molecule has 2 aromatic carbocycles. The molecule has 0 bridgehead atoms. The first kappa shape index (κ1) is 23.2. The molecule has 29 heavy (non-hydrogen) atoms. The number of halogens is 6. The van der Waals surface area contributed by atoms with E-state index in [2.05, 4.69) is 5.32 Å². The second-order valence-corrected chi connectivity index (χ2v) is 8.60. The van der Waals surface area contributed by atoms with E-state index in [-0.39, 0.29) is 29.6 Å². The number of alkyl halides is 6. The molecule has 0 amide bonds. The van der Waals surface area contributed by atoms with Gasteiger partial charge in [-0.25, -0.2) is 12.7 Å². The summed E-state index contributed by atoms with van der Waals surface area (Å²) in [5.41, 5.74) is -2.30. The fourth-order valence-electron chi connectivity index (χ4n) is 2.46. The zero-order valence-corrected chi connectivity index (χ0v) is 16.2. The van der Waals surface area contributed by atoms with E-state index in [1.165, 1.54) is 38.4 Å². The Morgan fingerprint density at radius 3 is 1.66 bits per heavy atom. The summed E-state index contributed by atoms with van der Waals surface area (Å²) in [7, 11) is -0.827. The molecule has 0 saturated carbocycles. The van der Waals surface area contributed by atoms with Crippen molar-refractivity contribution in [3.63, 3.8) is 0 Å². The predicted molar refractivity (Wildman–Crippen MR) is 94.3 cm³/mol. The van der Waals surface area contributed by atoms with Crippen LogP contribution in [0.25, 0.3) is 0 Å². The van der Waals surface area contributed by atoms with Crippen LogP contribution in [0.2, 0.25) is 0 Å². The maximum atomic E-state index is 12.9. The zero-order chi connectivity index (χ0) is 22.0. The van der Waals surface area contributed by atoms with Crippen LogP contribution < -0.4 is 5.32 Å². The van der Waals surface area contributed by atoms with Crippen LogP contribution >= 0.6 is 0 Å². The minimum atomic E-state index is -4.90. The minimum absolute atomic E-state index is 0.0685. The molecule has 0 aliphatic carbocycles. The van der Waals surface area contributed by atoms with E-state index in [4.69, 9.17) is 0 Å².